The molecular formula is C11H8BNO2S. The molecule has 78 valence electrons. The Morgan fingerprint density at radius 2 is 2.06 bits per heavy atom. The Bertz CT molecular complexity index is 653. The highest BCUT2D eigenvalue weighted by Crippen LogP contribution is 2.37. The van der Waals surface area contributed by atoms with Gasteiger partial charge in [0.1, 0.15) is 0 Å². The first-order valence-corrected chi connectivity index (χ1v) is 5.71. The number of aromatic nitrogens is 1. The van der Waals surface area contributed by atoms with E-state index in [0.29, 0.717) is 5.88 Å². The number of fused-ring (bicyclic) bond motifs is 3. The second-order valence-corrected chi connectivity index (χ2v) is 4.44. The van der Waals surface area contributed by atoms with Crippen LogP contribution in [0, 0.1) is 0 Å². The van der Waals surface area contributed by atoms with Crippen LogP contribution in [-0.2, 0) is 0 Å². The quantitative estimate of drug-likeness (QED) is 0.684. The minimum atomic E-state index is -0.351. The van der Waals surface area contributed by atoms with Gasteiger partial charge in [-0.25, -0.2) is 4.98 Å². The number of benzene rings is 1. The van der Waals surface area contributed by atoms with Crippen LogP contribution in [0.4, 0.5) is 0 Å². The van der Waals surface area contributed by atoms with Crippen LogP contribution >= 0.6 is 11.3 Å². The minimum Gasteiger partial charge on any atom is -0.524 e. The standard InChI is InChI=1S/C11H8BNO2S/c14-12-15-11-10-7-3-1-2-4-8(7)16-9(10)5-6-13-11/h1-6,12,14H. The largest absolute Gasteiger partial charge is 0.524 e. The van der Waals surface area contributed by atoms with Crippen molar-refractivity contribution in [3.8, 4) is 5.88 Å². The molecule has 0 amide bonds. The molecule has 1 N–H and O–H groups in total. The van der Waals surface area contributed by atoms with Gasteiger partial charge >= 0.3 is 7.69 Å². The van der Waals surface area contributed by atoms with Crippen LogP contribution in [-0.4, -0.2) is 17.7 Å². The fraction of sp³-hybridized carbons (Fsp3) is 0. The fourth-order valence-electron chi connectivity index (χ4n) is 1.81. The van der Waals surface area contributed by atoms with E-state index in [0.717, 1.165) is 15.5 Å². The molecule has 0 radical (unpaired) electrons. The minimum absolute atomic E-state index is 0.351. The molecule has 0 saturated heterocycles. The van der Waals surface area contributed by atoms with Crippen LogP contribution in [0.1, 0.15) is 0 Å². The number of nitrogens with zero attached hydrogens (tertiary/aromatic N) is 1. The molecule has 0 unspecified atom stereocenters. The van der Waals surface area contributed by atoms with Crippen LogP contribution < -0.4 is 4.65 Å². The van der Waals surface area contributed by atoms with E-state index in [1.165, 1.54) is 4.70 Å². The van der Waals surface area contributed by atoms with E-state index < -0.39 is 0 Å². The van der Waals surface area contributed by atoms with E-state index in [9.17, 15) is 0 Å². The van der Waals surface area contributed by atoms with Gasteiger partial charge in [-0.3, -0.25) is 0 Å². The molecule has 0 bridgehead atoms. The first-order chi connectivity index (χ1) is 7.90. The van der Waals surface area contributed by atoms with Crippen LogP contribution in [0.2, 0.25) is 0 Å². The van der Waals surface area contributed by atoms with Gasteiger partial charge < -0.3 is 9.68 Å². The molecule has 0 spiro atoms. The van der Waals surface area contributed by atoms with Crippen molar-refractivity contribution >= 4 is 39.2 Å². The Balaban J connectivity index is 2.43. The summed E-state index contributed by atoms with van der Waals surface area (Å²) in [5.74, 6) is 0.498. The zero-order chi connectivity index (χ0) is 11.0. The summed E-state index contributed by atoms with van der Waals surface area (Å²) in [5.41, 5.74) is 0. The van der Waals surface area contributed by atoms with Crippen molar-refractivity contribution < 1.29 is 9.68 Å². The Morgan fingerprint density at radius 3 is 2.94 bits per heavy atom. The van der Waals surface area contributed by atoms with Crippen molar-refractivity contribution in [3.63, 3.8) is 0 Å². The van der Waals surface area contributed by atoms with Gasteiger partial charge in [0.2, 0.25) is 5.88 Å². The summed E-state index contributed by atoms with van der Waals surface area (Å²) >= 11 is 1.70. The lowest BCUT2D eigenvalue weighted by Gasteiger charge is -2.02. The lowest BCUT2D eigenvalue weighted by atomic mass is 10.2. The van der Waals surface area contributed by atoms with Gasteiger partial charge in [-0.15, -0.1) is 11.3 Å². The number of thiophene rings is 1. The first kappa shape index (κ1) is 9.63. The maximum atomic E-state index is 8.83. The van der Waals surface area contributed by atoms with Crippen LogP contribution in [0.5, 0.6) is 5.88 Å². The van der Waals surface area contributed by atoms with Gasteiger partial charge in [0.05, 0.1) is 5.39 Å². The highest BCUT2D eigenvalue weighted by molar-refractivity contribution is 7.25. The number of hydrogen-bond donors (Lipinski definition) is 1. The Morgan fingerprint density at radius 1 is 1.19 bits per heavy atom. The van der Waals surface area contributed by atoms with Gasteiger partial charge in [0, 0.05) is 21.0 Å². The number of rotatable bonds is 2. The Hall–Kier alpha value is -1.59. The van der Waals surface area contributed by atoms with Gasteiger partial charge in [0.25, 0.3) is 0 Å². The van der Waals surface area contributed by atoms with Gasteiger partial charge in [-0.2, -0.15) is 0 Å². The zero-order valence-electron chi connectivity index (χ0n) is 8.38. The van der Waals surface area contributed by atoms with E-state index >= 15 is 0 Å². The summed E-state index contributed by atoms with van der Waals surface area (Å²) in [5, 5.41) is 10.9. The molecule has 3 nitrogen and oxygen atoms in total. The van der Waals surface area contributed by atoms with Crippen molar-refractivity contribution in [2.75, 3.05) is 0 Å². The average molecular weight is 229 g/mol. The summed E-state index contributed by atoms with van der Waals surface area (Å²) in [4.78, 5) is 4.14. The van der Waals surface area contributed by atoms with Crippen molar-refractivity contribution in [3.05, 3.63) is 36.5 Å². The molecule has 16 heavy (non-hydrogen) atoms. The Labute approximate surface area is 96.6 Å². The maximum absolute atomic E-state index is 8.83. The molecule has 0 aliphatic rings. The summed E-state index contributed by atoms with van der Waals surface area (Å²) in [6.07, 6.45) is 1.70. The molecule has 0 atom stereocenters. The summed E-state index contributed by atoms with van der Waals surface area (Å²) in [6.45, 7) is 0. The van der Waals surface area contributed by atoms with Gasteiger partial charge in [0.15, 0.2) is 0 Å². The van der Waals surface area contributed by atoms with Crippen molar-refractivity contribution in [2.24, 2.45) is 0 Å². The SMILES string of the molecule is OBOc1nccc2sc3ccccc3c12. The highest BCUT2D eigenvalue weighted by atomic mass is 32.1. The van der Waals surface area contributed by atoms with E-state index in [2.05, 4.69) is 11.1 Å². The monoisotopic (exact) mass is 229 g/mol. The molecule has 0 aliphatic heterocycles. The highest BCUT2D eigenvalue weighted by Gasteiger charge is 2.10. The molecule has 2 aromatic heterocycles. The molecule has 0 aliphatic carbocycles. The van der Waals surface area contributed by atoms with Crippen molar-refractivity contribution in [1.82, 2.24) is 4.98 Å². The Kier molecular flexibility index (Phi) is 2.27. The fourth-order valence-corrected chi connectivity index (χ4v) is 2.90. The third-order valence-electron chi connectivity index (χ3n) is 2.46. The molecule has 0 saturated carbocycles. The smallest absolute Gasteiger partial charge is 0.505 e. The summed E-state index contributed by atoms with van der Waals surface area (Å²) in [6, 6.07) is 10.1. The molecule has 3 aromatic rings. The maximum Gasteiger partial charge on any atom is 0.505 e. The molecule has 2 heterocycles. The van der Waals surface area contributed by atoms with E-state index in [1.807, 2.05) is 24.3 Å². The predicted molar refractivity (Wildman–Crippen MR) is 67.1 cm³/mol. The second-order valence-electron chi connectivity index (χ2n) is 3.36. The van der Waals surface area contributed by atoms with Crippen LogP contribution in [0.3, 0.4) is 0 Å². The van der Waals surface area contributed by atoms with Gasteiger partial charge in [-0.1, -0.05) is 18.2 Å². The molecule has 1 aromatic carbocycles. The lowest BCUT2D eigenvalue weighted by Crippen LogP contribution is -2.01. The van der Waals surface area contributed by atoms with Crippen LogP contribution in [0.15, 0.2) is 36.5 Å². The second kappa shape index (κ2) is 3.77. The van der Waals surface area contributed by atoms with Crippen LogP contribution in [0.25, 0.3) is 20.2 Å². The van der Waals surface area contributed by atoms with E-state index in [-0.39, 0.29) is 7.69 Å². The average Bonchev–Trinajstić information content (AvgIpc) is 2.68. The predicted octanol–water partition coefficient (Wildman–Crippen LogP) is 2.09. The van der Waals surface area contributed by atoms with E-state index in [1.54, 1.807) is 17.5 Å². The molecular weight excluding hydrogens is 221 g/mol. The lowest BCUT2D eigenvalue weighted by molar-refractivity contribution is 0.447. The number of hydrogen-bond acceptors (Lipinski definition) is 4. The van der Waals surface area contributed by atoms with Gasteiger partial charge in [-0.05, 0) is 12.1 Å². The van der Waals surface area contributed by atoms with Crippen molar-refractivity contribution in [2.45, 2.75) is 0 Å². The zero-order valence-corrected chi connectivity index (χ0v) is 9.20. The topological polar surface area (TPSA) is 42.4 Å². The van der Waals surface area contributed by atoms with Crippen molar-refractivity contribution in [1.29, 1.82) is 0 Å². The van der Waals surface area contributed by atoms with E-state index in [4.69, 9.17) is 9.68 Å². The molecule has 0 fully saturated rings. The summed E-state index contributed by atoms with van der Waals surface area (Å²) in [7, 11) is -0.351. The number of pyridine rings is 1. The normalized spacial score (nSPS) is 10.8. The summed E-state index contributed by atoms with van der Waals surface area (Å²) < 4.78 is 7.46. The molecule has 3 rings (SSSR count). The molecule has 5 heteroatoms. The third kappa shape index (κ3) is 1.37. The third-order valence-corrected chi connectivity index (χ3v) is 3.59. The first-order valence-electron chi connectivity index (χ1n) is 4.90.